The van der Waals surface area contributed by atoms with Crippen LogP contribution in [0.25, 0.3) is 10.9 Å². The number of rotatable bonds is 12. The van der Waals surface area contributed by atoms with E-state index in [9.17, 15) is 14.4 Å². The Morgan fingerprint density at radius 2 is 1.71 bits per heavy atom. The highest BCUT2D eigenvalue weighted by atomic mass is 19.1. The van der Waals surface area contributed by atoms with Gasteiger partial charge in [0.25, 0.3) is 5.91 Å². The van der Waals surface area contributed by atoms with Gasteiger partial charge in [-0.05, 0) is 80.9 Å². The van der Waals surface area contributed by atoms with Crippen molar-refractivity contribution in [3.63, 3.8) is 0 Å². The fourth-order valence-corrected chi connectivity index (χ4v) is 5.82. The zero-order valence-corrected chi connectivity index (χ0v) is 28.3. The molecule has 1 aromatic heterocycles. The second kappa shape index (κ2) is 15.6. The number of nitrogens with one attached hydrogen (secondary N) is 1. The molecule has 4 aromatic rings. The number of likely N-dealkylation sites (tertiary alicyclic amines) is 1. The average Bonchev–Trinajstić information content (AvgIpc) is 3.67. The van der Waals surface area contributed by atoms with Gasteiger partial charge in [0, 0.05) is 43.0 Å². The van der Waals surface area contributed by atoms with E-state index in [1.807, 2.05) is 0 Å². The minimum atomic E-state index is -0.849. The highest BCUT2D eigenvalue weighted by Crippen LogP contribution is 2.38. The van der Waals surface area contributed by atoms with Crippen molar-refractivity contribution in [1.82, 2.24) is 14.8 Å². The lowest BCUT2D eigenvalue weighted by Gasteiger charge is -2.32. The highest BCUT2D eigenvalue weighted by Gasteiger charge is 2.34. The molecule has 2 aliphatic heterocycles. The molecule has 6 rings (SSSR count). The maximum atomic E-state index is 15.5. The summed E-state index contributed by atoms with van der Waals surface area (Å²) in [6.45, 7) is 3.76. The van der Waals surface area contributed by atoms with E-state index in [1.165, 1.54) is 39.1 Å². The molecule has 1 N–H and O–H groups in total. The van der Waals surface area contributed by atoms with Crippen LogP contribution >= 0.6 is 0 Å². The lowest BCUT2D eigenvalue weighted by atomic mass is 10.1. The van der Waals surface area contributed by atoms with E-state index < -0.39 is 11.7 Å². The molecule has 0 bridgehead atoms. The number of benzene rings is 3. The number of carbonyl (C=O) groups excluding carboxylic acids is 3. The van der Waals surface area contributed by atoms with Gasteiger partial charge in [-0.15, -0.1) is 0 Å². The van der Waals surface area contributed by atoms with E-state index >= 15 is 4.39 Å². The van der Waals surface area contributed by atoms with Crippen LogP contribution in [0.1, 0.15) is 19.3 Å². The average molecular weight is 695 g/mol. The van der Waals surface area contributed by atoms with Crippen molar-refractivity contribution in [3.05, 3.63) is 84.2 Å². The quantitative estimate of drug-likeness (QED) is 0.155. The summed E-state index contributed by atoms with van der Waals surface area (Å²) in [5, 5.41) is 8.53. The molecule has 13 nitrogen and oxygen atoms in total. The predicted octanol–water partition coefficient (Wildman–Crippen LogP) is 5.18. The van der Waals surface area contributed by atoms with Crippen molar-refractivity contribution in [2.75, 3.05) is 57.8 Å². The number of carbonyl (C=O) groups is 1. The molecule has 0 aliphatic carbocycles. The van der Waals surface area contributed by atoms with Crippen molar-refractivity contribution in [2.45, 2.75) is 19.3 Å². The molecule has 0 radical (unpaired) electrons. The molecule has 3 aromatic carbocycles. The Kier molecular flexibility index (Phi) is 10.6. The van der Waals surface area contributed by atoms with Crippen LogP contribution in [0.4, 0.5) is 15.8 Å². The maximum absolute atomic E-state index is 15.5. The Bertz CT molecular complexity index is 2070. The third-order valence-electron chi connectivity index (χ3n) is 8.47. The number of fused-ring (bicyclic) bond motifs is 1. The zero-order chi connectivity index (χ0) is 35.9. The van der Waals surface area contributed by atoms with Gasteiger partial charge >= 0.3 is 0 Å². The standard InChI is InChI=1S/C37H35FN6O7/c1-42-30(22-45)36(41-44(35(42)23-46)25-8-10-26(48-2)11-9-25)37(47)40-24-7-12-32(28(38)19-24)51-31-13-14-39-29-21-34(33(49-3)20-27(29)31)50-18-6-17-43-15-4-5-16-43/h7-14,19-21H,4-6,15-18H2,1-3H3,(H,40,47). The van der Waals surface area contributed by atoms with Crippen molar-refractivity contribution >= 4 is 45.8 Å². The molecule has 3 heterocycles. The molecule has 2 aliphatic rings. The SMILES string of the molecule is COc1ccc(N2N=C(C(=O)Nc3ccc(Oc4ccnc5cc(OCCCN6CCCC6)c(OC)cc45)c(F)c3)C(=C=O)N(C)C2=C=O)cc1. The van der Waals surface area contributed by atoms with E-state index in [4.69, 9.17) is 18.9 Å². The van der Waals surface area contributed by atoms with Crippen molar-refractivity contribution in [3.8, 4) is 28.7 Å². The Morgan fingerprint density at radius 1 is 0.922 bits per heavy atom. The summed E-state index contributed by atoms with van der Waals surface area (Å²) >= 11 is 0. The van der Waals surface area contributed by atoms with Crippen LogP contribution in [0.5, 0.6) is 28.7 Å². The molecule has 0 unspecified atom stereocenters. The Balaban J connectivity index is 1.18. The Labute approximate surface area is 293 Å². The van der Waals surface area contributed by atoms with Gasteiger partial charge in [-0.3, -0.25) is 9.78 Å². The van der Waals surface area contributed by atoms with Crippen LogP contribution in [0.3, 0.4) is 0 Å². The molecule has 14 heteroatoms. The number of methoxy groups -OCH3 is 2. The lowest BCUT2D eigenvalue weighted by molar-refractivity contribution is -0.110. The van der Waals surface area contributed by atoms with Crippen molar-refractivity contribution < 1.29 is 37.7 Å². The summed E-state index contributed by atoms with van der Waals surface area (Å²) in [7, 11) is 4.44. The Morgan fingerprint density at radius 3 is 2.39 bits per heavy atom. The summed E-state index contributed by atoms with van der Waals surface area (Å²) in [6.07, 6.45) is 4.91. The lowest BCUT2D eigenvalue weighted by Crippen LogP contribution is -2.43. The molecule has 262 valence electrons. The van der Waals surface area contributed by atoms with Crippen molar-refractivity contribution in [1.29, 1.82) is 0 Å². The first-order valence-electron chi connectivity index (χ1n) is 16.2. The van der Waals surface area contributed by atoms with Crippen molar-refractivity contribution in [2.24, 2.45) is 5.10 Å². The molecule has 0 saturated carbocycles. The van der Waals surface area contributed by atoms with E-state index in [-0.39, 0.29) is 28.7 Å². The second-order valence-corrected chi connectivity index (χ2v) is 11.7. The van der Waals surface area contributed by atoms with E-state index in [0.29, 0.717) is 46.2 Å². The monoisotopic (exact) mass is 694 g/mol. The van der Waals surface area contributed by atoms with Crippen LogP contribution < -0.4 is 29.3 Å². The summed E-state index contributed by atoms with van der Waals surface area (Å²) < 4.78 is 38.3. The number of anilines is 2. The van der Waals surface area contributed by atoms with Gasteiger partial charge in [0.05, 0.1) is 32.0 Å². The van der Waals surface area contributed by atoms with Gasteiger partial charge in [-0.25, -0.2) is 19.0 Å². The number of nitrogens with zero attached hydrogens (tertiary/aromatic N) is 5. The molecular weight excluding hydrogens is 659 g/mol. The van der Waals surface area contributed by atoms with Gasteiger partial charge in [-0.2, -0.15) is 5.10 Å². The van der Waals surface area contributed by atoms with Crippen LogP contribution in [-0.2, 0) is 14.4 Å². The van der Waals surface area contributed by atoms with Crippen LogP contribution in [0, 0.1) is 5.82 Å². The van der Waals surface area contributed by atoms with Gasteiger partial charge in [-0.1, -0.05) is 0 Å². The largest absolute Gasteiger partial charge is 0.497 e. The summed E-state index contributed by atoms with van der Waals surface area (Å²) in [5.41, 5.74) is 0.338. The van der Waals surface area contributed by atoms with Gasteiger partial charge in [0.1, 0.15) is 11.5 Å². The minimum Gasteiger partial charge on any atom is -0.497 e. The number of halogens is 1. The number of hydrogen-bond acceptors (Lipinski definition) is 12. The third-order valence-corrected chi connectivity index (χ3v) is 8.47. The van der Waals surface area contributed by atoms with Gasteiger partial charge in [0.15, 0.2) is 46.4 Å². The Hall–Kier alpha value is -6.20. The molecule has 1 fully saturated rings. The second-order valence-electron chi connectivity index (χ2n) is 11.7. The van der Waals surface area contributed by atoms with E-state index in [1.54, 1.807) is 67.7 Å². The number of ether oxygens (including phenoxy) is 4. The summed E-state index contributed by atoms with van der Waals surface area (Å²) in [6, 6.07) is 15.5. The van der Waals surface area contributed by atoms with E-state index in [0.717, 1.165) is 42.0 Å². The summed E-state index contributed by atoms with van der Waals surface area (Å²) in [5.74, 6) is 3.43. The first kappa shape index (κ1) is 34.7. The molecule has 1 saturated heterocycles. The number of hydrazone groups is 1. The van der Waals surface area contributed by atoms with Gasteiger partial charge in [0.2, 0.25) is 5.82 Å². The van der Waals surface area contributed by atoms with Crippen LogP contribution in [0.2, 0.25) is 0 Å². The maximum Gasteiger partial charge on any atom is 0.279 e. The first-order valence-corrected chi connectivity index (χ1v) is 16.2. The fraction of sp³-hybridized carbons (Fsp3) is 0.270. The number of pyridine rings is 1. The van der Waals surface area contributed by atoms with E-state index in [2.05, 4.69) is 20.3 Å². The molecule has 0 atom stereocenters. The molecule has 1 amide bonds. The number of hydrogen-bond donors (Lipinski definition) is 1. The molecule has 0 spiro atoms. The highest BCUT2D eigenvalue weighted by molar-refractivity contribution is 6.50. The number of aromatic nitrogens is 1. The summed E-state index contributed by atoms with van der Waals surface area (Å²) in [4.78, 5) is 45.2. The minimum absolute atomic E-state index is 0.0564. The topological polar surface area (TPSA) is 135 Å². The van der Waals surface area contributed by atoms with Crippen LogP contribution in [-0.4, -0.2) is 85.8 Å². The predicted molar refractivity (Wildman–Crippen MR) is 188 cm³/mol. The first-order chi connectivity index (χ1) is 24.8. The van der Waals surface area contributed by atoms with Gasteiger partial charge < -0.3 is 34.1 Å². The normalized spacial score (nSPS) is 14.5. The zero-order valence-electron chi connectivity index (χ0n) is 28.3. The smallest absolute Gasteiger partial charge is 0.279 e. The number of amides is 1. The fourth-order valence-electron chi connectivity index (χ4n) is 5.82. The molecular formula is C37H35FN6O7. The molecule has 51 heavy (non-hydrogen) atoms. The van der Waals surface area contributed by atoms with Crippen LogP contribution in [0.15, 0.2) is 83.5 Å². The third kappa shape index (κ3) is 7.53.